The van der Waals surface area contributed by atoms with E-state index in [0.29, 0.717) is 13.0 Å². The summed E-state index contributed by atoms with van der Waals surface area (Å²) in [6, 6.07) is 0.207. The van der Waals surface area contributed by atoms with Crippen molar-refractivity contribution in [3.05, 3.63) is 0 Å². The van der Waals surface area contributed by atoms with E-state index in [9.17, 15) is 4.79 Å². The Kier molecular flexibility index (Phi) is 6.09. The molecule has 0 spiro atoms. The van der Waals surface area contributed by atoms with Crippen LogP contribution in [0, 0.1) is 5.41 Å². The van der Waals surface area contributed by atoms with Crippen LogP contribution in [-0.2, 0) is 4.79 Å². The highest BCUT2D eigenvalue weighted by molar-refractivity contribution is 5.83. The summed E-state index contributed by atoms with van der Waals surface area (Å²) in [7, 11) is 0. The molecule has 1 unspecified atom stereocenters. The van der Waals surface area contributed by atoms with Crippen molar-refractivity contribution in [2.75, 3.05) is 26.2 Å². The molecule has 0 saturated carbocycles. The predicted molar refractivity (Wildman–Crippen MR) is 73.4 cm³/mol. The average molecular weight is 256 g/mol. The molecular formula is C14H28N2O2. The van der Waals surface area contributed by atoms with Gasteiger partial charge in [-0.3, -0.25) is 4.79 Å². The number of carbonyl (C=O) groups excluding carboxylic acids is 1. The lowest BCUT2D eigenvalue weighted by molar-refractivity contribution is -0.143. The van der Waals surface area contributed by atoms with Crippen LogP contribution in [0.1, 0.15) is 46.5 Å². The molecule has 0 aliphatic carbocycles. The van der Waals surface area contributed by atoms with E-state index < -0.39 is 0 Å². The summed E-state index contributed by atoms with van der Waals surface area (Å²) < 4.78 is 0. The summed E-state index contributed by atoms with van der Waals surface area (Å²) in [5, 5.41) is 12.3. The molecule has 1 amide bonds. The molecule has 1 atom stereocenters. The summed E-state index contributed by atoms with van der Waals surface area (Å²) in [6.07, 6.45) is 3.61. The molecule has 2 N–H and O–H groups in total. The van der Waals surface area contributed by atoms with Crippen molar-refractivity contribution in [1.29, 1.82) is 0 Å². The van der Waals surface area contributed by atoms with E-state index in [2.05, 4.69) is 26.1 Å². The second-order valence-electron chi connectivity index (χ2n) is 5.63. The van der Waals surface area contributed by atoms with E-state index in [1.807, 2.05) is 4.90 Å². The Balaban J connectivity index is 2.78. The quantitative estimate of drug-likeness (QED) is 0.723. The lowest BCUT2D eigenvalue weighted by Crippen LogP contribution is -2.48. The van der Waals surface area contributed by atoms with Gasteiger partial charge in [-0.1, -0.05) is 13.3 Å². The predicted octanol–water partition coefficient (Wildman–Crippen LogP) is 1.39. The Bertz CT molecular complexity index is 261. The van der Waals surface area contributed by atoms with Gasteiger partial charge in [-0.25, -0.2) is 0 Å². The van der Waals surface area contributed by atoms with Crippen LogP contribution in [0.5, 0.6) is 0 Å². The minimum Gasteiger partial charge on any atom is -0.396 e. The maximum Gasteiger partial charge on any atom is 0.230 e. The number of rotatable bonds is 7. The fourth-order valence-electron chi connectivity index (χ4n) is 2.87. The van der Waals surface area contributed by atoms with Crippen molar-refractivity contribution in [3.63, 3.8) is 0 Å². The molecule has 4 nitrogen and oxygen atoms in total. The number of hydrogen-bond donors (Lipinski definition) is 2. The molecular weight excluding hydrogens is 228 g/mol. The molecule has 1 fully saturated rings. The second kappa shape index (κ2) is 7.10. The first-order valence-electron chi connectivity index (χ1n) is 7.20. The van der Waals surface area contributed by atoms with E-state index >= 15 is 0 Å². The van der Waals surface area contributed by atoms with Gasteiger partial charge in [-0.05, 0) is 39.7 Å². The molecule has 1 heterocycles. The number of aliphatic hydroxyl groups is 1. The van der Waals surface area contributed by atoms with E-state index in [1.165, 1.54) is 0 Å². The summed E-state index contributed by atoms with van der Waals surface area (Å²) >= 11 is 0. The van der Waals surface area contributed by atoms with Gasteiger partial charge in [0.15, 0.2) is 0 Å². The molecule has 4 heteroatoms. The van der Waals surface area contributed by atoms with Crippen LogP contribution >= 0.6 is 0 Å². The van der Waals surface area contributed by atoms with Gasteiger partial charge in [0, 0.05) is 25.7 Å². The van der Waals surface area contributed by atoms with Crippen molar-refractivity contribution >= 4 is 5.91 Å². The maximum absolute atomic E-state index is 12.8. The monoisotopic (exact) mass is 256 g/mol. The largest absolute Gasteiger partial charge is 0.396 e. The van der Waals surface area contributed by atoms with Crippen molar-refractivity contribution < 1.29 is 9.90 Å². The number of hydrogen-bond acceptors (Lipinski definition) is 3. The third-order valence-electron chi connectivity index (χ3n) is 3.87. The zero-order valence-corrected chi connectivity index (χ0v) is 12.0. The number of aliphatic hydroxyl groups excluding tert-OH is 1. The highest BCUT2D eigenvalue weighted by Crippen LogP contribution is 2.34. The van der Waals surface area contributed by atoms with Crippen LogP contribution in [-0.4, -0.2) is 48.2 Å². The molecule has 0 aromatic carbocycles. The van der Waals surface area contributed by atoms with Crippen molar-refractivity contribution in [3.8, 4) is 0 Å². The molecule has 106 valence electrons. The standard InChI is InChI=1S/C14H28N2O2/c1-4-6-14(7-8-15-11-14)13(18)16(12(2)3)9-5-10-17/h12,15,17H,4-11H2,1-3H3. The number of carbonyl (C=O) groups is 1. The summed E-state index contributed by atoms with van der Waals surface area (Å²) in [6.45, 7) is 8.81. The molecule has 18 heavy (non-hydrogen) atoms. The van der Waals surface area contributed by atoms with Crippen LogP contribution in [0.3, 0.4) is 0 Å². The van der Waals surface area contributed by atoms with E-state index in [1.54, 1.807) is 0 Å². The van der Waals surface area contributed by atoms with Crippen LogP contribution in [0.4, 0.5) is 0 Å². The average Bonchev–Trinajstić information content (AvgIpc) is 2.79. The Morgan fingerprint density at radius 1 is 1.50 bits per heavy atom. The van der Waals surface area contributed by atoms with Crippen molar-refractivity contribution in [2.45, 2.75) is 52.5 Å². The normalized spacial score (nSPS) is 23.6. The summed E-state index contributed by atoms with van der Waals surface area (Å²) in [5.74, 6) is 0.276. The van der Waals surface area contributed by atoms with Crippen molar-refractivity contribution in [2.24, 2.45) is 5.41 Å². The highest BCUT2D eigenvalue weighted by atomic mass is 16.3. The number of nitrogens with zero attached hydrogens (tertiary/aromatic N) is 1. The van der Waals surface area contributed by atoms with Crippen LogP contribution in [0.15, 0.2) is 0 Å². The van der Waals surface area contributed by atoms with E-state index in [0.717, 1.165) is 32.4 Å². The SMILES string of the molecule is CCCC1(C(=O)N(CCCO)C(C)C)CCNC1. The summed E-state index contributed by atoms with van der Waals surface area (Å²) in [4.78, 5) is 14.8. The third-order valence-corrected chi connectivity index (χ3v) is 3.87. The van der Waals surface area contributed by atoms with Gasteiger partial charge < -0.3 is 15.3 Å². The highest BCUT2D eigenvalue weighted by Gasteiger charge is 2.43. The maximum atomic E-state index is 12.8. The third kappa shape index (κ3) is 3.45. The zero-order valence-electron chi connectivity index (χ0n) is 12.0. The van der Waals surface area contributed by atoms with Crippen LogP contribution < -0.4 is 5.32 Å². The Morgan fingerprint density at radius 2 is 2.22 bits per heavy atom. The number of amides is 1. The molecule has 1 aliphatic heterocycles. The first-order chi connectivity index (χ1) is 8.57. The Hall–Kier alpha value is -0.610. The van der Waals surface area contributed by atoms with Crippen LogP contribution in [0.25, 0.3) is 0 Å². The molecule has 1 aliphatic rings. The van der Waals surface area contributed by atoms with Gasteiger partial charge in [-0.2, -0.15) is 0 Å². The minimum absolute atomic E-state index is 0.148. The second-order valence-corrected chi connectivity index (χ2v) is 5.63. The smallest absolute Gasteiger partial charge is 0.230 e. The van der Waals surface area contributed by atoms with Crippen LogP contribution in [0.2, 0.25) is 0 Å². The van der Waals surface area contributed by atoms with Gasteiger partial charge in [0.1, 0.15) is 0 Å². The van der Waals surface area contributed by atoms with Crippen molar-refractivity contribution in [1.82, 2.24) is 10.2 Å². The fraction of sp³-hybridized carbons (Fsp3) is 0.929. The van der Waals surface area contributed by atoms with Gasteiger partial charge in [-0.15, -0.1) is 0 Å². The first kappa shape index (κ1) is 15.4. The molecule has 0 radical (unpaired) electrons. The number of nitrogens with one attached hydrogen (secondary N) is 1. The first-order valence-corrected chi connectivity index (χ1v) is 7.20. The van der Waals surface area contributed by atoms with E-state index in [4.69, 9.17) is 5.11 Å². The fourth-order valence-corrected chi connectivity index (χ4v) is 2.87. The molecule has 0 aromatic heterocycles. The molecule has 0 bridgehead atoms. The lowest BCUT2D eigenvalue weighted by Gasteiger charge is -2.36. The topological polar surface area (TPSA) is 52.6 Å². The Morgan fingerprint density at radius 3 is 2.67 bits per heavy atom. The van der Waals surface area contributed by atoms with Gasteiger partial charge in [0.2, 0.25) is 5.91 Å². The molecule has 1 rings (SSSR count). The lowest BCUT2D eigenvalue weighted by atomic mass is 9.80. The molecule has 0 aromatic rings. The molecule has 1 saturated heterocycles. The van der Waals surface area contributed by atoms with E-state index in [-0.39, 0.29) is 24.0 Å². The van der Waals surface area contributed by atoms with Gasteiger partial charge >= 0.3 is 0 Å². The van der Waals surface area contributed by atoms with Gasteiger partial charge in [0.05, 0.1) is 5.41 Å². The Labute approximate surface area is 111 Å². The van der Waals surface area contributed by atoms with Gasteiger partial charge in [0.25, 0.3) is 0 Å². The summed E-state index contributed by atoms with van der Waals surface area (Å²) in [5.41, 5.74) is -0.200. The zero-order chi connectivity index (χ0) is 13.6. The minimum atomic E-state index is -0.200.